The molecule has 7 nitrogen and oxygen atoms in total. The molecule has 0 atom stereocenters. The van der Waals surface area contributed by atoms with E-state index in [1.54, 1.807) is 42.5 Å². The minimum atomic E-state index is -0.665. The van der Waals surface area contributed by atoms with Crippen molar-refractivity contribution >= 4 is 44.5 Å². The van der Waals surface area contributed by atoms with Crippen LogP contribution in [0.25, 0.3) is 22.1 Å². The minimum Gasteiger partial charge on any atom is -0.502 e. The van der Waals surface area contributed by atoms with Crippen LogP contribution in [0, 0.1) is 10.1 Å². The zero-order valence-electron chi connectivity index (χ0n) is 15.3. The average molecular weight is 465 g/mol. The monoisotopic (exact) mass is 464 g/mol. The molecule has 0 aliphatic heterocycles. The predicted octanol–water partition coefficient (Wildman–Crippen LogP) is 5.59. The van der Waals surface area contributed by atoms with Gasteiger partial charge in [0.1, 0.15) is 5.58 Å². The molecule has 4 aromatic rings. The number of nitro benzene ring substituents is 1. The van der Waals surface area contributed by atoms with Gasteiger partial charge in [-0.1, -0.05) is 46.3 Å². The van der Waals surface area contributed by atoms with Crippen molar-refractivity contribution in [3.8, 4) is 16.9 Å². The second kappa shape index (κ2) is 7.92. The van der Waals surface area contributed by atoms with Crippen LogP contribution >= 0.6 is 15.9 Å². The number of benzene rings is 3. The topological polar surface area (TPSA) is 106 Å². The van der Waals surface area contributed by atoms with Crippen molar-refractivity contribution in [1.82, 2.24) is 0 Å². The minimum absolute atomic E-state index is 0.204. The van der Waals surface area contributed by atoms with Crippen molar-refractivity contribution in [3.05, 3.63) is 97.3 Å². The highest BCUT2D eigenvalue weighted by Gasteiger charge is 2.17. The van der Waals surface area contributed by atoms with E-state index >= 15 is 0 Å². The number of phenolic OH excluding ortho intramolecular Hbond substituents is 1. The number of rotatable bonds is 4. The standard InChI is InChI=1S/C22H13BrN2O5/c23-16-9-15(21(26)19(11-16)25(28)29)12-24-17-7-5-13(6-8-17)18-10-14-3-1-2-4-20(14)30-22(18)27/h1-12,26H. The van der Waals surface area contributed by atoms with Gasteiger partial charge in [0.25, 0.3) is 0 Å². The average Bonchev–Trinajstić information content (AvgIpc) is 2.74. The fourth-order valence-electron chi connectivity index (χ4n) is 2.98. The SMILES string of the molecule is O=c1oc2ccccc2cc1-c1ccc(N=Cc2cc(Br)cc([N+](=O)[O-])c2O)cc1. The van der Waals surface area contributed by atoms with Crippen molar-refractivity contribution in [2.75, 3.05) is 0 Å². The smallest absolute Gasteiger partial charge is 0.344 e. The summed E-state index contributed by atoms with van der Waals surface area (Å²) in [5, 5.41) is 21.9. The Labute approximate surface area is 178 Å². The lowest BCUT2D eigenvalue weighted by atomic mass is 10.1. The van der Waals surface area contributed by atoms with E-state index in [0.29, 0.717) is 26.9 Å². The van der Waals surface area contributed by atoms with Gasteiger partial charge in [0.05, 0.1) is 16.2 Å². The number of hydrogen-bond donors (Lipinski definition) is 1. The Hall–Kier alpha value is -3.78. The summed E-state index contributed by atoms with van der Waals surface area (Å²) >= 11 is 3.19. The van der Waals surface area contributed by atoms with Gasteiger partial charge in [-0.3, -0.25) is 15.1 Å². The van der Waals surface area contributed by atoms with Crippen LogP contribution in [0.15, 0.2) is 85.4 Å². The number of halogens is 1. The van der Waals surface area contributed by atoms with E-state index in [1.807, 2.05) is 12.1 Å². The molecule has 1 heterocycles. The van der Waals surface area contributed by atoms with E-state index in [-0.39, 0.29) is 5.56 Å². The van der Waals surface area contributed by atoms with Gasteiger partial charge in [0.15, 0.2) is 0 Å². The van der Waals surface area contributed by atoms with Crippen LogP contribution in [0.3, 0.4) is 0 Å². The van der Waals surface area contributed by atoms with Gasteiger partial charge in [0.2, 0.25) is 5.75 Å². The first kappa shape index (κ1) is 19.5. The second-order valence-corrected chi connectivity index (χ2v) is 7.33. The quantitative estimate of drug-likeness (QED) is 0.183. The Balaban J connectivity index is 1.65. The summed E-state index contributed by atoms with van der Waals surface area (Å²) in [4.78, 5) is 26.9. The van der Waals surface area contributed by atoms with Crippen LogP contribution in [0.4, 0.5) is 11.4 Å². The Morgan fingerprint density at radius 3 is 2.53 bits per heavy atom. The Morgan fingerprint density at radius 2 is 1.80 bits per heavy atom. The molecule has 0 spiro atoms. The van der Waals surface area contributed by atoms with E-state index in [0.717, 1.165) is 5.39 Å². The molecule has 148 valence electrons. The summed E-state index contributed by atoms with van der Waals surface area (Å²) < 4.78 is 5.82. The maximum Gasteiger partial charge on any atom is 0.344 e. The van der Waals surface area contributed by atoms with Gasteiger partial charge < -0.3 is 9.52 Å². The zero-order valence-corrected chi connectivity index (χ0v) is 16.9. The Kier molecular flexibility index (Phi) is 5.16. The number of nitro groups is 1. The van der Waals surface area contributed by atoms with Crippen molar-refractivity contribution in [1.29, 1.82) is 0 Å². The molecule has 0 aliphatic carbocycles. The normalized spacial score (nSPS) is 11.2. The summed E-state index contributed by atoms with van der Waals surface area (Å²) in [6.45, 7) is 0. The molecule has 3 aromatic carbocycles. The molecule has 0 saturated carbocycles. The zero-order chi connectivity index (χ0) is 21.3. The molecule has 0 saturated heterocycles. The molecule has 0 unspecified atom stereocenters. The molecular weight excluding hydrogens is 452 g/mol. The van der Waals surface area contributed by atoms with E-state index < -0.39 is 22.0 Å². The van der Waals surface area contributed by atoms with E-state index in [4.69, 9.17) is 4.42 Å². The van der Waals surface area contributed by atoms with Gasteiger partial charge >= 0.3 is 11.3 Å². The lowest BCUT2D eigenvalue weighted by Crippen LogP contribution is -2.02. The molecule has 0 fully saturated rings. The highest BCUT2D eigenvalue weighted by molar-refractivity contribution is 9.10. The van der Waals surface area contributed by atoms with Crippen LogP contribution in [0.5, 0.6) is 5.75 Å². The Morgan fingerprint density at radius 1 is 1.07 bits per heavy atom. The van der Waals surface area contributed by atoms with Gasteiger partial charge in [-0.05, 0) is 35.9 Å². The fraction of sp³-hybridized carbons (Fsp3) is 0. The lowest BCUT2D eigenvalue weighted by Gasteiger charge is -2.04. The first-order chi connectivity index (χ1) is 14.4. The highest BCUT2D eigenvalue weighted by Crippen LogP contribution is 2.33. The third-order valence-corrected chi connectivity index (χ3v) is 4.91. The van der Waals surface area contributed by atoms with E-state index in [2.05, 4.69) is 20.9 Å². The second-order valence-electron chi connectivity index (χ2n) is 6.41. The molecule has 4 rings (SSSR count). The number of para-hydroxylation sites is 1. The van der Waals surface area contributed by atoms with Crippen LogP contribution in [-0.2, 0) is 0 Å². The van der Waals surface area contributed by atoms with Crippen LogP contribution in [0.1, 0.15) is 5.56 Å². The molecule has 0 aliphatic rings. The Bertz CT molecular complexity index is 1360. The van der Waals surface area contributed by atoms with Gasteiger partial charge in [-0.2, -0.15) is 0 Å². The van der Waals surface area contributed by atoms with Crippen molar-refractivity contribution in [3.63, 3.8) is 0 Å². The molecule has 0 radical (unpaired) electrons. The maximum absolute atomic E-state index is 12.3. The number of aliphatic imine (C=N–C) groups is 1. The van der Waals surface area contributed by atoms with E-state index in [1.165, 1.54) is 18.3 Å². The lowest BCUT2D eigenvalue weighted by molar-refractivity contribution is -0.385. The van der Waals surface area contributed by atoms with Gasteiger partial charge in [0, 0.05) is 27.7 Å². The molecule has 1 aromatic heterocycles. The number of fused-ring (bicyclic) bond motifs is 1. The highest BCUT2D eigenvalue weighted by atomic mass is 79.9. The number of nitrogens with zero attached hydrogens (tertiary/aromatic N) is 2. The van der Waals surface area contributed by atoms with E-state index in [9.17, 15) is 20.0 Å². The first-order valence-corrected chi connectivity index (χ1v) is 9.56. The first-order valence-electron chi connectivity index (χ1n) is 8.76. The fourth-order valence-corrected chi connectivity index (χ4v) is 3.44. The number of aromatic hydroxyl groups is 1. The predicted molar refractivity (Wildman–Crippen MR) is 118 cm³/mol. The molecule has 1 N–H and O–H groups in total. The number of hydrogen-bond acceptors (Lipinski definition) is 6. The summed E-state index contributed by atoms with van der Waals surface area (Å²) in [5.74, 6) is -0.461. The molecule has 0 amide bonds. The third kappa shape index (κ3) is 3.85. The summed E-state index contributed by atoms with van der Waals surface area (Å²) in [7, 11) is 0. The largest absolute Gasteiger partial charge is 0.502 e. The maximum atomic E-state index is 12.3. The van der Waals surface area contributed by atoms with Crippen LogP contribution in [0.2, 0.25) is 0 Å². The molecule has 0 bridgehead atoms. The van der Waals surface area contributed by atoms with Crippen LogP contribution < -0.4 is 5.63 Å². The number of phenols is 1. The van der Waals surface area contributed by atoms with Crippen molar-refractivity contribution in [2.24, 2.45) is 4.99 Å². The summed E-state index contributed by atoms with van der Waals surface area (Å²) in [6, 6.07) is 18.7. The molecule has 30 heavy (non-hydrogen) atoms. The van der Waals surface area contributed by atoms with Crippen molar-refractivity contribution in [2.45, 2.75) is 0 Å². The van der Waals surface area contributed by atoms with Gasteiger partial charge in [-0.15, -0.1) is 0 Å². The van der Waals surface area contributed by atoms with Crippen molar-refractivity contribution < 1.29 is 14.4 Å². The molecular formula is C22H13BrN2O5. The third-order valence-electron chi connectivity index (χ3n) is 4.45. The summed E-state index contributed by atoms with van der Waals surface area (Å²) in [5.41, 5.74) is 1.54. The van der Waals surface area contributed by atoms with Crippen LogP contribution in [-0.4, -0.2) is 16.2 Å². The van der Waals surface area contributed by atoms with Gasteiger partial charge in [-0.25, -0.2) is 4.79 Å². The summed E-state index contributed by atoms with van der Waals surface area (Å²) in [6.07, 6.45) is 1.34. The molecule has 8 heteroatoms.